The number of rotatable bonds is 12. The number of carbonyl (C=O) groups is 4. The molecule has 0 aromatic heterocycles. The number of alkyl halides is 3. The number of ether oxygens (including phenoxy) is 3. The summed E-state index contributed by atoms with van der Waals surface area (Å²) < 4.78 is 55.2. The molecule has 0 fully saturated rings. The molecule has 0 bridgehead atoms. The minimum Gasteiger partial charge on any atom is -0.465 e. The zero-order valence-electron chi connectivity index (χ0n) is 26.6. The quantitative estimate of drug-likeness (QED) is 0.0943. The molecule has 4 rings (SSSR count). The van der Waals surface area contributed by atoms with Crippen LogP contribution in [0.5, 0.6) is 5.75 Å². The third kappa shape index (κ3) is 8.09. The van der Waals surface area contributed by atoms with Crippen molar-refractivity contribution in [2.24, 2.45) is 0 Å². The van der Waals surface area contributed by atoms with Crippen LogP contribution in [-0.2, 0) is 35.4 Å². The molecule has 4 aromatic rings. The fourth-order valence-electron chi connectivity index (χ4n) is 5.17. The normalized spacial score (nSPS) is 11.4. The SMILES string of the molecule is CCOC(=O)C(CCC(=O)Oc1ccc(NC(=O)c2ccccc2-c2ccc(C(F)(F)F)cc2)c(C)c1)(C(=O)OCC)c1ccccc1. The van der Waals surface area contributed by atoms with Crippen molar-refractivity contribution in [1.82, 2.24) is 0 Å². The van der Waals surface area contributed by atoms with Crippen LogP contribution in [0.4, 0.5) is 18.9 Å². The van der Waals surface area contributed by atoms with Crippen molar-refractivity contribution >= 4 is 29.5 Å². The maximum absolute atomic E-state index is 13.3. The molecule has 0 saturated heterocycles. The first-order valence-electron chi connectivity index (χ1n) is 15.2. The molecule has 0 heterocycles. The summed E-state index contributed by atoms with van der Waals surface area (Å²) in [5.41, 5.74) is -0.250. The van der Waals surface area contributed by atoms with E-state index in [-0.39, 0.29) is 37.4 Å². The summed E-state index contributed by atoms with van der Waals surface area (Å²) in [6.45, 7) is 4.94. The molecule has 0 radical (unpaired) electrons. The Morgan fingerprint density at radius 3 is 1.92 bits per heavy atom. The van der Waals surface area contributed by atoms with Crippen LogP contribution < -0.4 is 10.1 Å². The van der Waals surface area contributed by atoms with E-state index in [2.05, 4.69) is 5.32 Å². The number of esters is 3. The predicted octanol–water partition coefficient (Wildman–Crippen LogP) is 7.68. The van der Waals surface area contributed by atoms with Gasteiger partial charge in [0.15, 0.2) is 5.41 Å². The molecule has 1 amide bonds. The number of aryl methyl sites for hydroxylation is 1. The Balaban J connectivity index is 1.48. The Morgan fingerprint density at radius 1 is 0.729 bits per heavy atom. The molecule has 0 aliphatic heterocycles. The van der Waals surface area contributed by atoms with Gasteiger partial charge in [-0.15, -0.1) is 0 Å². The van der Waals surface area contributed by atoms with Crippen molar-refractivity contribution < 1.29 is 46.6 Å². The van der Waals surface area contributed by atoms with Gasteiger partial charge in [0.1, 0.15) is 5.75 Å². The summed E-state index contributed by atoms with van der Waals surface area (Å²) in [5.74, 6) is -2.71. The molecule has 4 aromatic carbocycles. The number of carbonyl (C=O) groups excluding carboxylic acids is 4. The van der Waals surface area contributed by atoms with Crippen LogP contribution in [0.2, 0.25) is 0 Å². The first-order chi connectivity index (χ1) is 22.9. The summed E-state index contributed by atoms with van der Waals surface area (Å²) in [6, 6.07) is 23.9. The smallest absolute Gasteiger partial charge is 0.416 e. The van der Waals surface area contributed by atoms with Gasteiger partial charge in [0.05, 0.1) is 18.8 Å². The molecule has 8 nitrogen and oxygen atoms in total. The first-order valence-corrected chi connectivity index (χ1v) is 15.2. The number of hydrogen-bond donors (Lipinski definition) is 1. The standard InChI is InChI=1S/C37H34F3NO7/c1-4-46-34(44)36(35(45)47-5-2,26-11-7-6-8-12-26)22-21-32(42)48-28-19-20-31(24(3)23-28)41-33(43)30-14-10-9-13-29(30)25-15-17-27(18-16-25)37(38,39)40/h6-20,23H,4-5,21-22H2,1-3H3,(H,41,43). The molecule has 0 atom stereocenters. The fourth-order valence-corrected chi connectivity index (χ4v) is 5.17. The second-order valence-electron chi connectivity index (χ2n) is 10.7. The molecule has 0 spiro atoms. The third-order valence-corrected chi connectivity index (χ3v) is 7.59. The van der Waals surface area contributed by atoms with Gasteiger partial charge in [-0.3, -0.25) is 19.2 Å². The van der Waals surface area contributed by atoms with E-state index in [4.69, 9.17) is 14.2 Å². The number of benzene rings is 4. The second-order valence-corrected chi connectivity index (χ2v) is 10.7. The Bertz CT molecular complexity index is 1750. The first kappa shape index (κ1) is 35.4. The van der Waals surface area contributed by atoms with Gasteiger partial charge in [-0.25, -0.2) is 0 Å². The number of nitrogens with one attached hydrogen (secondary N) is 1. The molecule has 0 aliphatic rings. The number of amides is 1. The van der Waals surface area contributed by atoms with Crippen LogP contribution in [-0.4, -0.2) is 37.0 Å². The topological polar surface area (TPSA) is 108 Å². The van der Waals surface area contributed by atoms with Crippen LogP contribution in [0.25, 0.3) is 11.1 Å². The van der Waals surface area contributed by atoms with Crippen molar-refractivity contribution in [2.45, 2.75) is 45.2 Å². The highest BCUT2D eigenvalue weighted by atomic mass is 19.4. The minimum atomic E-state index is -4.48. The van der Waals surface area contributed by atoms with Crippen LogP contribution >= 0.6 is 0 Å². The van der Waals surface area contributed by atoms with Crippen LogP contribution in [0.1, 0.15) is 53.7 Å². The van der Waals surface area contributed by atoms with Crippen LogP contribution in [0, 0.1) is 6.92 Å². The number of halogens is 3. The van der Waals surface area contributed by atoms with Gasteiger partial charge in [0.25, 0.3) is 5.91 Å². The Kier molecular flexibility index (Phi) is 11.4. The van der Waals surface area contributed by atoms with Gasteiger partial charge in [-0.2, -0.15) is 13.2 Å². The van der Waals surface area contributed by atoms with Crippen molar-refractivity contribution in [2.75, 3.05) is 18.5 Å². The van der Waals surface area contributed by atoms with Gasteiger partial charge in [0, 0.05) is 17.7 Å². The number of anilines is 1. The van der Waals surface area contributed by atoms with E-state index in [1.165, 1.54) is 24.3 Å². The third-order valence-electron chi connectivity index (χ3n) is 7.59. The van der Waals surface area contributed by atoms with Crippen LogP contribution in [0.15, 0.2) is 97.1 Å². The summed E-state index contributed by atoms with van der Waals surface area (Å²) in [6.07, 6.45) is -5.07. The molecule has 0 unspecified atom stereocenters. The minimum absolute atomic E-state index is 0.0140. The van der Waals surface area contributed by atoms with Gasteiger partial charge in [-0.1, -0.05) is 60.7 Å². The lowest BCUT2D eigenvalue weighted by Crippen LogP contribution is -2.46. The van der Waals surface area contributed by atoms with E-state index >= 15 is 0 Å². The molecule has 48 heavy (non-hydrogen) atoms. The molecular formula is C37H34F3NO7. The molecule has 11 heteroatoms. The second kappa shape index (κ2) is 15.4. The average molecular weight is 662 g/mol. The van der Waals surface area contributed by atoms with Crippen molar-refractivity contribution in [3.63, 3.8) is 0 Å². The van der Waals surface area contributed by atoms with Gasteiger partial charge in [-0.05, 0) is 85.8 Å². The lowest BCUT2D eigenvalue weighted by Gasteiger charge is -2.29. The van der Waals surface area contributed by atoms with Gasteiger partial charge < -0.3 is 19.5 Å². The van der Waals surface area contributed by atoms with Gasteiger partial charge in [0.2, 0.25) is 0 Å². The largest absolute Gasteiger partial charge is 0.465 e. The average Bonchev–Trinajstić information content (AvgIpc) is 3.06. The number of hydrogen-bond acceptors (Lipinski definition) is 7. The van der Waals surface area contributed by atoms with E-state index < -0.39 is 41.0 Å². The molecule has 250 valence electrons. The van der Waals surface area contributed by atoms with E-state index in [1.807, 2.05) is 0 Å². The lowest BCUT2D eigenvalue weighted by atomic mass is 9.76. The maximum atomic E-state index is 13.3. The molecule has 1 N–H and O–H groups in total. The van der Waals surface area contributed by atoms with E-state index in [1.54, 1.807) is 81.4 Å². The highest BCUT2D eigenvalue weighted by Crippen LogP contribution is 2.35. The van der Waals surface area contributed by atoms with Crippen LogP contribution in [0.3, 0.4) is 0 Å². The van der Waals surface area contributed by atoms with E-state index in [0.717, 1.165) is 12.1 Å². The van der Waals surface area contributed by atoms with E-state index in [0.29, 0.717) is 27.9 Å². The van der Waals surface area contributed by atoms with Crippen molar-refractivity contribution in [3.8, 4) is 16.9 Å². The Labute approximate surface area is 275 Å². The highest BCUT2D eigenvalue weighted by Gasteiger charge is 2.50. The Morgan fingerprint density at radius 2 is 1.33 bits per heavy atom. The zero-order valence-corrected chi connectivity index (χ0v) is 26.6. The summed E-state index contributed by atoms with van der Waals surface area (Å²) >= 11 is 0. The zero-order chi connectivity index (χ0) is 34.9. The highest BCUT2D eigenvalue weighted by molar-refractivity contribution is 6.09. The molecule has 0 saturated carbocycles. The fraction of sp³-hybridized carbons (Fsp3) is 0.243. The predicted molar refractivity (Wildman–Crippen MR) is 172 cm³/mol. The Hall–Kier alpha value is -5.45. The van der Waals surface area contributed by atoms with Crippen molar-refractivity contribution in [3.05, 3.63) is 119 Å². The van der Waals surface area contributed by atoms with Crippen molar-refractivity contribution in [1.29, 1.82) is 0 Å². The molecule has 0 aliphatic carbocycles. The lowest BCUT2D eigenvalue weighted by molar-refractivity contribution is -0.165. The maximum Gasteiger partial charge on any atom is 0.416 e. The monoisotopic (exact) mass is 661 g/mol. The van der Waals surface area contributed by atoms with Gasteiger partial charge >= 0.3 is 24.1 Å². The summed E-state index contributed by atoms with van der Waals surface area (Å²) in [5, 5.41) is 2.80. The summed E-state index contributed by atoms with van der Waals surface area (Å²) in [7, 11) is 0. The van der Waals surface area contributed by atoms with E-state index in [9.17, 15) is 32.3 Å². The molecular weight excluding hydrogens is 627 g/mol. The summed E-state index contributed by atoms with van der Waals surface area (Å²) in [4.78, 5) is 52.7.